The first-order valence-corrected chi connectivity index (χ1v) is 4.24. The van der Waals surface area contributed by atoms with Gasteiger partial charge in [0.2, 0.25) is 0 Å². The minimum Gasteiger partial charge on any atom is -0.385 e. The van der Waals surface area contributed by atoms with E-state index in [0.717, 1.165) is 18.7 Å². The second-order valence-electron chi connectivity index (χ2n) is 3.01. The quantitative estimate of drug-likeness (QED) is 0.477. The molecule has 4 heteroatoms. The maximum absolute atomic E-state index is 5.40. The molecule has 1 heterocycles. The molecule has 0 atom stereocenters. The molecule has 0 aliphatic carbocycles. The zero-order valence-corrected chi connectivity index (χ0v) is 8.16. The van der Waals surface area contributed by atoms with Crippen LogP contribution in [-0.2, 0) is 6.42 Å². The summed E-state index contributed by atoms with van der Waals surface area (Å²) in [6.45, 7) is 1.07. The lowest BCUT2D eigenvalue weighted by atomic mass is 10.0. The van der Waals surface area contributed by atoms with Crippen molar-refractivity contribution in [1.29, 1.82) is 0 Å². The number of benzene rings is 1. The molecule has 1 aromatic carbocycles. The number of nitrogens with one attached hydrogen (secondary N) is 2. The lowest BCUT2D eigenvalue weighted by Crippen LogP contribution is -2.16. The number of hydrogen-bond donors (Lipinski definition) is 3. The van der Waals surface area contributed by atoms with Gasteiger partial charge in [0.05, 0.1) is 5.69 Å². The number of nitrogens with two attached hydrogens (primary N) is 1. The van der Waals surface area contributed by atoms with Crippen molar-refractivity contribution >= 4 is 23.8 Å². The normalized spacial score (nSPS) is 13.6. The van der Waals surface area contributed by atoms with Crippen LogP contribution in [-0.4, -0.2) is 6.54 Å². The summed E-state index contributed by atoms with van der Waals surface area (Å²) in [6, 6.07) is 6.10. The topological polar surface area (TPSA) is 50.1 Å². The van der Waals surface area contributed by atoms with E-state index < -0.39 is 0 Å². The van der Waals surface area contributed by atoms with Crippen LogP contribution in [0.15, 0.2) is 18.2 Å². The van der Waals surface area contributed by atoms with E-state index in [2.05, 4.69) is 16.8 Å². The third-order valence-corrected chi connectivity index (χ3v) is 2.25. The van der Waals surface area contributed by atoms with Crippen LogP contribution in [0.1, 0.15) is 12.0 Å². The number of hydrazine groups is 1. The molecule has 2 rings (SSSR count). The summed E-state index contributed by atoms with van der Waals surface area (Å²) in [5.41, 5.74) is 6.29. The summed E-state index contributed by atoms with van der Waals surface area (Å²) in [7, 11) is 0. The number of anilines is 2. The second-order valence-corrected chi connectivity index (χ2v) is 3.01. The van der Waals surface area contributed by atoms with E-state index in [1.165, 1.54) is 17.7 Å². The van der Waals surface area contributed by atoms with Crippen LogP contribution in [0, 0.1) is 0 Å². The summed E-state index contributed by atoms with van der Waals surface area (Å²) in [5, 5.41) is 3.34. The lowest BCUT2D eigenvalue weighted by molar-refractivity contribution is 0.831. The van der Waals surface area contributed by atoms with E-state index in [0.29, 0.717) is 0 Å². The molecule has 0 amide bonds. The Morgan fingerprint density at radius 1 is 1.38 bits per heavy atom. The Labute approximate surface area is 84.1 Å². The van der Waals surface area contributed by atoms with Gasteiger partial charge in [-0.25, -0.2) is 0 Å². The summed E-state index contributed by atoms with van der Waals surface area (Å²) in [4.78, 5) is 0. The molecule has 0 fully saturated rings. The zero-order valence-electron chi connectivity index (χ0n) is 7.34. The number of halogens is 1. The highest BCUT2D eigenvalue weighted by atomic mass is 35.5. The van der Waals surface area contributed by atoms with E-state index in [-0.39, 0.29) is 12.4 Å². The van der Waals surface area contributed by atoms with Gasteiger partial charge in [0.1, 0.15) is 0 Å². The van der Waals surface area contributed by atoms with Crippen molar-refractivity contribution in [3.63, 3.8) is 0 Å². The Morgan fingerprint density at radius 3 is 3.00 bits per heavy atom. The maximum Gasteiger partial charge on any atom is 0.0537 e. The Balaban J connectivity index is 0.000000845. The van der Waals surface area contributed by atoms with Crippen LogP contribution in [0.5, 0.6) is 0 Å². The highest BCUT2D eigenvalue weighted by Crippen LogP contribution is 2.27. The molecule has 0 saturated carbocycles. The molecule has 0 aromatic heterocycles. The lowest BCUT2D eigenvalue weighted by Gasteiger charge is -2.20. The zero-order chi connectivity index (χ0) is 8.39. The molecule has 3 nitrogen and oxygen atoms in total. The average Bonchev–Trinajstić information content (AvgIpc) is 2.17. The molecule has 72 valence electrons. The van der Waals surface area contributed by atoms with Crippen molar-refractivity contribution in [2.45, 2.75) is 12.8 Å². The largest absolute Gasteiger partial charge is 0.385 e. The van der Waals surface area contributed by atoms with Gasteiger partial charge >= 0.3 is 0 Å². The Kier molecular flexibility index (Phi) is 3.39. The van der Waals surface area contributed by atoms with Crippen molar-refractivity contribution in [3.05, 3.63) is 23.8 Å². The van der Waals surface area contributed by atoms with E-state index >= 15 is 0 Å². The molecule has 1 aliphatic heterocycles. The summed E-state index contributed by atoms with van der Waals surface area (Å²) >= 11 is 0. The average molecular weight is 200 g/mol. The molecule has 4 N–H and O–H groups in total. The third kappa shape index (κ3) is 1.87. The highest BCUT2D eigenvalue weighted by molar-refractivity contribution is 5.85. The van der Waals surface area contributed by atoms with Crippen molar-refractivity contribution in [2.75, 3.05) is 17.3 Å². The fourth-order valence-electron chi connectivity index (χ4n) is 1.65. The molecule has 1 aliphatic rings. The van der Waals surface area contributed by atoms with Crippen LogP contribution in [0.2, 0.25) is 0 Å². The number of rotatable bonds is 1. The second kappa shape index (κ2) is 4.35. The Bertz CT molecular complexity index is 274. The highest BCUT2D eigenvalue weighted by Gasteiger charge is 2.10. The fraction of sp³-hybridized carbons (Fsp3) is 0.333. The third-order valence-electron chi connectivity index (χ3n) is 2.25. The smallest absolute Gasteiger partial charge is 0.0537 e. The van der Waals surface area contributed by atoms with Gasteiger partial charge in [0, 0.05) is 12.2 Å². The first kappa shape index (κ1) is 10.2. The van der Waals surface area contributed by atoms with E-state index in [9.17, 15) is 0 Å². The predicted molar refractivity (Wildman–Crippen MR) is 58.3 cm³/mol. The molecule has 0 bridgehead atoms. The minimum atomic E-state index is 0. The van der Waals surface area contributed by atoms with Crippen molar-refractivity contribution in [2.24, 2.45) is 5.84 Å². The van der Waals surface area contributed by atoms with Crippen LogP contribution >= 0.6 is 12.4 Å². The van der Waals surface area contributed by atoms with Crippen LogP contribution in [0.3, 0.4) is 0 Å². The maximum atomic E-state index is 5.40. The fourth-order valence-corrected chi connectivity index (χ4v) is 1.65. The van der Waals surface area contributed by atoms with Gasteiger partial charge in [-0.1, -0.05) is 6.07 Å². The molecular formula is C9H14ClN3. The summed E-state index contributed by atoms with van der Waals surface area (Å²) in [6.07, 6.45) is 2.30. The molecular weight excluding hydrogens is 186 g/mol. The first-order chi connectivity index (χ1) is 5.92. The Hall–Kier alpha value is -0.930. The van der Waals surface area contributed by atoms with Crippen LogP contribution in [0.4, 0.5) is 11.4 Å². The van der Waals surface area contributed by atoms with E-state index in [1.807, 2.05) is 12.1 Å². The molecule has 0 saturated heterocycles. The van der Waals surface area contributed by atoms with Crippen molar-refractivity contribution in [1.82, 2.24) is 0 Å². The molecule has 0 unspecified atom stereocenters. The number of hydrogen-bond acceptors (Lipinski definition) is 3. The van der Waals surface area contributed by atoms with E-state index in [1.54, 1.807) is 0 Å². The number of nitrogen functional groups attached to an aromatic ring is 1. The predicted octanol–water partition coefficient (Wildman–Crippen LogP) is 1.75. The first-order valence-electron chi connectivity index (χ1n) is 4.24. The molecule has 0 radical (unpaired) electrons. The molecule has 0 spiro atoms. The van der Waals surface area contributed by atoms with Gasteiger partial charge in [-0.15, -0.1) is 12.4 Å². The minimum absolute atomic E-state index is 0. The van der Waals surface area contributed by atoms with Crippen molar-refractivity contribution < 1.29 is 0 Å². The van der Waals surface area contributed by atoms with E-state index in [4.69, 9.17) is 5.84 Å². The Morgan fingerprint density at radius 2 is 2.23 bits per heavy atom. The summed E-state index contributed by atoms with van der Waals surface area (Å²) < 4.78 is 0. The summed E-state index contributed by atoms with van der Waals surface area (Å²) in [5.74, 6) is 5.40. The standard InChI is InChI=1S/C9H13N3.ClH/c10-12-9-5-1-4-8-7(9)3-2-6-11-8;/h1,4-5,11-12H,2-3,6,10H2;1H. The van der Waals surface area contributed by atoms with Crippen LogP contribution in [0.25, 0.3) is 0 Å². The van der Waals surface area contributed by atoms with Gasteiger partial charge in [0.25, 0.3) is 0 Å². The van der Waals surface area contributed by atoms with Gasteiger partial charge in [0.15, 0.2) is 0 Å². The number of fused-ring (bicyclic) bond motifs is 1. The SMILES string of the molecule is Cl.NNc1cccc2c1CCCN2. The van der Waals surface area contributed by atoms with Crippen molar-refractivity contribution in [3.8, 4) is 0 Å². The van der Waals surface area contributed by atoms with Gasteiger partial charge in [-0.3, -0.25) is 5.84 Å². The van der Waals surface area contributed by atoms with Crippen LogP contribution < -0.4 is 16.6 Å². The van der Waals surface area contributed by atoms with Gasteiger partial charge < -0.3 is 10.7 Å². The van der Waals surface area contributed by atoms with Gasteiger partial charge in [-0.2, -0.15) is 0 Å². The monoisotopic (exact) mass is 199 g/mol. The molecule has 13 heavy (non-hydrogen) atoms. The van der Waals surface area contributed by atoms with Gasteiger partial charge in [-0.05, 0) is 30.5 Å². The molecule has 1 aromatic rings.